The molecule has 1 aliphatic rings. The molecule has 1 atom stereocenters. The van der Waals surface area contributed by atoms with E-state index in [1.54, 1.807) is 16.0 Å². The van der Waals surface area contributed by atoms with Crippen LogP contribution in [-0.2, 0) is 0 Å². The number of fused-ring (bicyclic) bond motifs is 2. The van der Waals surface area contributed by atoms with Crippen molar-refractivity contribution in [2.45, 2.75) is 6.04 Å². The second-order valence-corrected chi connectivity index (χ2v) is 6.50. The van der Waals surface area contributed by atoms with Gasteiger partial charge in [-0.2, -0.15) is 9.78 Å². The van der Waals surface area contributed by atoms with E-state index in [-0.39, 0.29) is 11.6 Å². The van der Waals surface area contributed by atoms with Gasteiger partial charge in [0, 0.05) is 5.56 Å². The molecule has 0 radical (unpaired) electrons. The second kappa shape index (κ2) is 5.35. The van der Waals surface area contributed by atoms with Crippen molar-refractivity contribution in [1.29, 1.82) is 0 Å². The van der Waals surface area contributed by atoms with Crippen molar-refractivity contribution in [2.75, 3.05) is 5.32 Å². The highest BCUT2D eigenvalue weighted by Crippen LogP contribution is 2.41. The Hall–Kier alpha value is -3.33. The van der Waals surface area contributed by atoms with Crippen molar-refractivity contribution < 1.29 is 0 Å². The van der Waals surface area contributed by atoms with Crippen LogP contribution in [0.5, 0.6) is 0 Å². The molecule has 0 saturated carbocycles. The molecule has 1 aromatic carbocycles. The minimum atomic E-state index is -0.339. The van der Waals surface area contributed by atoms with E-state index >= 15 is 0 Å². The maximum atomic E-state index is 12.4. The highest BCUT2D eigenvalue weighted by Gasteiger charge is 2.34. The first-order valence-electron chi connectivity index (χ1n) is 7.59. The number of aromatic amines is 1. The zero-order valence-electron chi connectivity index (χ0n) is 12.7. The second-order valence-electron chi connectivity index (χ2n) is 5.55. The molecular weight excluding hydrogens is 338 g/mol. The van der Waals surface area contributed by atoms with Crippen LogP contribution in [0.4, 0.5) is 11.6 Å². The van der Waals surface area contributed by atoms with Crippen LogP contribution in [0.1, 0.15) is 17.2 Å². The number of aromatic nitrogens is 6. The Balaban J connectivity index is 1.85. The average Bonchev–Trinajstić information content (AvgIpc) is 3.33. The van der Waals surface area contributed by atoms with Gasteiger partial charge in [0.15, 0.2) is 0 Å². The van der Waals surface area contributed by atoms with Gasteiger partial charge >= 0.3 is 0 Å². The molecule has 4 heterocycles. The van der Waals surface area contributed by atoms with Crippen LogP contribution < -0.4 is 10.9 Å². The zero-order chi connectivity index (χ0) is 16.8. The van der Waals surface area contributed by atoms with Crippen LogP contribution in [0.15, 0.2) is 52.6 Å². The lowest BCUT2D eigenvalue weighted by molar-refractivity contribution is 0.567. The van der Waals surface area contributed by atoms with E-state index in [9.17, 15) is 4.79 Å². The Morgan fingerprint density at radius 3 is 2.80 bits per heavy atom. The van der Waals surface area contributed by atoms with Crippen LogP contribution in [0, 0.1) is 0 Å². The maximum Gasteiger partial charge on any atom is 0.288 e. The molecule has 9 heteroatoms. The molecule has 1 aliphatic heterocycles. The molecule has 4 aromatic rings. The van der Waals surface area contributed by atoms with E-state index in [2.05, 4.69) is 31.0 Å². The molecule has 5 rings (SSSR count). The first-order chi connectivity index (χ1) is 12.3. The van der Waals surface area contributed by atoms with Crippen LogP contribution in [-0.4, -0.2) is 30.4 Å². The molecule has 25 heavy (non-hydrogen) atoms. The Kier molecular flexibility index (Phi) is 3.01. The number of tetrazole rings is 1. The fourth-order valence-corrected chi connectivity index (χ4v) is 3.81. The Labute approximate surface area is 145 Å². The number of rotatable bonds is 2. The molecule has 0 bridgehead atoms. The van der Waals surface area contributed by atoms with Gasteiger partial charge in [0.05, 0.1) is 4.88 Å². The summed E-state index contributed by atoms with van der Waals surface area (Å²) in [6.45, 7) is 0. The molecular formula is C16H11N7OS. The molecule has 0 saturated heterocycles. The monoisotopic (exact) mass is 349 g/mol. The van der Waals surface area contributed by atoms with Gasteiger partial charge in [-0.25, -0.2) is 5.10 Å². The van der Waals surface area contributed by atoms with E-state index in [0.717, 1.165) is 16.0 Å². The summed E-state index contributed by atoms with van der Waals surface area (Å²) in [5.74, 6) is 0.426. The molecule has 0 amide bonds. The smallest absolute Gasteiger partial charge is 0.288 e. The first kappa shape index (κ1) is 14.1. The average molecular weight is 349 g/mol. The minimum absolute atomic E-state index is 0.300. The van der Waals surface area contributed by atoms with Gasteiger partial charge in [-0.05, 0) is 27.4 Å². The summed E-state index contributed by atoms with van der Waals surface area (Å²) in [5, 5.41) is 23.8. The van der Waals surface area contributed by atoms with Crippen molar-refractivity contribution in [2.24, 2.45) is 0 Å². The fraction of sp³-hybridized carbons (Fsp3) is 0.0625. The lowest BCUT2D eigenvalue weighted by Gasteiger charge is -2.27. The predicted octanol–water partition coefficient (Wildman–Crippen LogP) is 2.18. The molecule has 0 fully saturated rings. The first-order valence-corrected chi connectivity index (χ1v) is 8.47. The SMILES string of the molecule is O=c1[nH]nc(-c2cccs2)c2c1Nc1nnnn1[C@@H]2c1ccccc1. The van der Waals surface area contributed by atoms with Gasteiger partial charge in [0.25, 0.3) is 5.56 Å². The van der Waals surface area contributed by atoms with Gasteiger partial charge in [0.1, 0.15) is 17.4 Å². The minimum Gasteiger partial charge on any atom is -0.318 e. The van der Waals surface area contributed by atoms with E-state index in [4.69, 9.17) is 0 Å². The topological polar surface area (TPSA) is 101 Å². The third-order valence-corrected chi connectivity index (χ3v) is 5.01. The highest BCUT2D eigenvalue weighted by molar-refractivity contribution is 7.13. The van der Waals surface area contributed by atoms with Crippen LogP contribution in [0.3, 0.4) is 0 Å². The number of H-pyrrole nitrogens is 1. The maximum absolute atomic E-state index is 12.4. The molecule has 0 unspecified atom stereocenters. The Morgan fingerprint density at radius 1 is 1.12 bits per heavy atom. The molecule has 3 aromatic heterocycles. The lowest BCUT2D eigenvalue weighted by atomic mass is 9.94. The lowest BCUT2D eigenvalue weighted by Crippen LogP contribution is -2.29. The standard InChI is InChI=1S/C16H11N7OS/c24-15-13-11(12(18-19-15)10-7-4-8-25-10)14(9-5-2-1-3-6-9)23-16(17-13)20-21-22-23/h1-8,14H,(H,19,24)(H,17,20,22)/t14-/m1/s1. The molecule has 0 aliphatic carbocycles. The van der Waals surface area contributed by atoms with E-state index < -0.39 is 0 Å². The Morgan fingerprint density at radius 2 is 2.00 bits per heavy atom. The highest BCUT2D eigenvalue weighted by atomic mass is 32.1. The third-order valence-electron chi connectivity index (χ3n) is 4.14. The normalized spacial score (nSPS) is 15.3. The summed E-state index contributed by atoms with van der Waals surface area (Å²) in [7, 11) is 0. The summed E-state index contributed by atoms with van der Waals surface area (Å²) in [4.78, 5) is 13.4. The van der Waals surface area contributed by atoms with Crippen LogP contribution in [0.25, 0.3) is 10.6 Å². The van der Waals surface area contributed by atoms with Gasteiger partial charge in [-0.1, -0.05) is 41.5 Å². The largest absolute Gasteiger partial charge is 0.318 e. The van der Waals surface area contributed by atoms with Gasteiger partial charge in [0.2, 0.25) is 5.95 Å². The third kappa shape index (κ3) is 2.09. The molecule has 122 valence electrons. The number of anilines is 2. The number of nitrogens with zero attached hydrogens (tertiary/aromatic N) is 5. The summed E-state index contributed by atoms with van der Waals surface area (Å²) in [6, 6.07) is 13.4. The number of nitrogens with one attached hydrogen (secondary N) is 2. The Bertz CT molecular complexity index is 1100. The number of hydrogen-bond acceptors (Lipinski definition) is 7. The van der Waals surface area contributed by atoms with Crippen molar-refractivity contribution in [1.82, 2.24) is 30.4 Å². The number of thiophene rings is 1. The summed E-state index contributed by atoms with van der Waals surface area (Å²) in [5.41, 5.74) is 2.58. The number of benzene rings is 1. The number of hydrogen-bond donors (Lipinski definition) is 2. The van der Waals surface area contributed by atoms with Crippen molar-refractivity contribution in [3.63, 3.8) is 0 Å². The zero-order valence-corrected chi connectivity index (χ0v) is 13.6. The summed E-state index contributed by atoms with van der Waals surface area (Å²) >= 11 is 1.56. The quantitative estimate of drug-likeness (QED) is 0.506. The van der Waals surface area contributed by atoms with Crippen molar-refractivity contribution in [3.8, 4) is 10.6 Å². The van der Waals surface area contributed by atoms with E-state index in [1.807, 2.05) is 47.8 Å². The fourth-order valence-electron chi connectivity index (χ4n) is 3.08. The summed E-state index contributed by atoms with van der Waals surface area (Å²) < 4.78 is 1.68. The van der Waals surface area contributed by atoms with Crippen molar-refractivity contribution in [3.05, 3.63) is 69.3 Å². The van der Waals surface area contributed by atoms with E-state index in [1.165, 1.54) is 0 Å². The van der Waals surface area contributed by atoms with Gasteiger partial charge in [-0.15, -0.1) is 11.3 Å². The van der Waals surface area contributed by atoms with Crippen LogP contribution >= 0.6 is 11.3 Å². The van der Waals surface area contributed by atoms with Gasteiger partial charge in [-0.3, -0.25) is 4.79 Å². The molecule has 2 N–H and O–H groups in total. The molecule has 0 spiro atoms. The van der Waals surface area contributed by atoms with E-state index in [0.29, 0.717) is 17.3 Å². The van der Waals surface area contributed by atoms with Crippen molar-refractivity contribution >= 4 is 23.0 Å². The molecule has 8 nitrogen and oxygen atoms in total. The van der Waals surface area contributed by atoms with Crippen LogP contribution in [0.2, 0.25) is 0 Å². The summed E-state index contributed by atoms with van der Waals surface area (Å²) in [6.07, 6.45) is 0. The van der Waals surface area contributed by atoms with Gasteiger partial charge < -0.3 is 5.32 Å². The predicted molar refractivity (Wildman–Crippen MR) is 93.0 cm³/mol.